The lowest BCUT2D eigenvalue weighted by Crippen LogP contribution is -2.24. The maximum absolute atomic E-state index is 2.52. The first-order chi connectivity index (χ1) is 9.79. The fourth-order valence-electron chi connectivity index (χ4n) is 3.45. The summed E-state index contributed by atoms with van der Waals surface area (Å²) >= 11 is 0. The summed E-state index contributed by atoms with van der Waals surface area (Å²) in [5.74, 6) is 1.80. The molecule has 0 heterocycles. The zero-order valence-electron chi connectivity index (χ0n) is 13.4. The molecule has 1 saturated carbocycles. The van der Waals surface area contributed by atoms with Crippen LogP contribution in [-0.4, -0.2) is 25.0 Å². The van der Waals surface area contributed by atoms with Crippen LogP contribution in [0.3, 0.4) is 0 Å². The molecular formula is C19H31N. The third-order valence-electron chi connectivity index (χ3n) is 4.93. The second-order valence-corrected chi connectivity index (χ2v) is 6.57. The normalized spacial score (nSPS) is 23.1. The van der Waals surface area contributed by atoms with Gasteiger partial charge in [-0.2, -0.15) is 0 Å². The van der Waals surface area contributed by atoms with Crippen molar-refractivity contribution in [2.45, 2.75) is 57.8 Å². The molecule has 1 aromatic carbocycles. The minimum Gasteiger partial charge on any atom is -0.306 e. The van der Waals surface area contributed by atoms with Crippen LogP contribution in [0.25, 0.3) is 0 Å². The van der Waals surface area contributed by atoms with E-state index in [4.69, 9.17) is 0 Å². The van der Waals surface area contributed by atoms with E-state index in [0.717, 1.165) is 11.8 Å². The van der Waals surface area contributed by atoms with Gasteiger partial charge < -0.3 is 4.90 Å². The van der Waals surface area contributed by atoms with E-state index >= 15 is 0 Å². The second-order valence-electron chi connectivity index (χ2n) is 6.57. The summed E-state index contributed by atoms with van der Waals surface area (Å²) in [5.41, 5.74) is 1.56. The van der Waals surface area contributed by atoms with Gasteiger partial charge in [0.05, 0.1) is 0 Å². The van der Waals surface area contributed by atoms with Gasteiger partial charge in [0.15, 0.2) is 0 Å². The highest BCUT2D eigenvalue weighted by Crippen LogP contribution is 2.36. The van der Waals surface area contributed by atoms with E-state index in [0.29, 0.717) is 0 Å². The Morgan fingerprint density at radius 1 is 1.00 bits per heavy atom. The maximum Gasteiger partial charge on any atom is -0.00191 e. The SMILES string of the molecule is CCCCN(C)CC[C@H]1CC[C@@H](c2ccccc2)CC1. The predicted molar refractivity (Wildman–Crippen MR) is 88.2 cm³/mol. The van der Waals surface area contributed by atoms with Gasteiger partial charge in [-0.3, -0.25) is 0 Å². The van der Waals surface area contributed by atoms with Crippen LogP contribution >= 0.6 is 0 Å². The van der Waals surface area contributed by atoms with Gasteiger partial charge in [0.2, 0.25) is 0 Å². The van der Waals surface area contributed by atoms with E-state index in [1.54, 1.807) is 5.56 Å². The summed E-state index contributed by atoms with van der Waals surface area (Å²) in [7, 11) is 2.28. The van der Waals surface area contributed by atoms with Crippen molar-refractivity contribution >= 4 is 0 Å². The first-order valence-electron chi connectivity index (χ1n) is 8.53. The molecule has 0 unspecified atom stereocenters. The summed E-state index contributed by atoms with van der Waals surface area (Å²) < 4.78 is 0. The minimum atomic E-state index is 0.824. The number of nitrogens with zero attached hydrogens (tertiary/aromatic N) is 1. The summed E-state index contributed by atoms with van der Waals surface area (Å²) in [4.78, 5) is 2.52. The molecule has 1 heteroatoms. The van der Waals surface area contributed by atoms with Crippen molar-refractivity contribution in [3.05, 3.63) is 35.9 Å². The number of rotatable bonds is 7. The Balaban J connectivity index is 1.67. The molecule has 0 saturated heterocycles. The van der Waals surface area contributed by atoms with Crippen LogP contribution in [0.15, 0.2) is 30.3 Å². The molecule has 0 amide bonds. The zero-order valence-corrected chi connectivity index (χ0v) is 13.4. The average Bonchev–Trinajstić information content (AvgIpc) is 2.52. The molecule has 0 atom stereocenters. The first kappa shape index (κ1) is 15.6. The maximum atomic E-state index is 2.52. The molecule has 112 valence electrons. The van der Waals surface area contributed by atoms with Crippen molar-refractivity contribution in [2.24, 2.45) is 5.92 Å². The summed E-state index contributed by atoms with van der Waals surface area (Å²) in [6.45, 7) is 4.84. The van der Waals surface area contributed by atoms with Crippen molar-refractivity contribution < 1.29 is 0 Å². The second kappa shape index (κ2) is 8.46. The van der Waals surface area contributed by atoms with Crippen LogP contribution in [0.5, 0.6) is 0 Å². The van der Waals surface area contributed by atoms with E-state index in [1.807, 2.05) is 0 Å². The largest absolute Gasteiger partial charge is 0.306 e. The van der Waals surface area contributed by atoms with E-state index in [1.165, 1.54) is 58.0 Å². The summed E-state index contributed by atoms with van der Waals surface area (Å²) in [6.07, 6.45) is 9.72. The van der Waals surface area contributed by atoms with Gasteiger partial charge >= 0.3 is 0 Å². The molecule has 1 aliphatic rings. The van der Waals surface area contributed by atoms with Gasteiger partial charge in [0, 0.05) is 0 Å². The van der Waals surface area contributed by atoms with Crippen LogP contribution in [0, 0.1) is 5.92 Å². The van der Waals surface area contributed by atoms with Gasteiger partial charge in [0.25, 0.3) is 0 Å². The molecule has 1 fully saturated rings. The van der Waals surface area contributed by atoms with Crippen molar-refractivity contribution in [1.82, 2.24) is 4.90 Å². The van der Waals surface area contributed by atoms with Crippen molar-refractivity contribution in [3.8, 4) is 0 Å². The van der Waals surface area contributed by atoms with Crippen LogP contribution in [0.4, 0.5) is 0 Å². The third-order valence-corrected chi connectivity index (χ3v) is 4.93. The van der Waals surface area contributed by atoms with Crippen LogP contribution in [0.1, 0.15) is 63.4 Å². The van der Waals surface area contributed by atoms with Crippen LogP contribution in [-0.2, 0) is 0 Å². The van der Waals surface area contributed by atoms with Crippen LogP contribution in [0.2, 0.25) is 0 Å². The Labute approximate surface area is 125 Å². The zero-order chi connectivity index (χ0) is 14.2. The molecule has 1 nitrogen and oxygen atoms in total. The Morgan fingerprint density at radius 2 is 1.70 bits per heavy atom. The highest BCUT2D eigenvalue weighted by molar-refractivity contribution is 5.19. The van der Waals surface area contributed by atoms with Gasteiger partial charge in [-0.25, -0.2) is 0 Å². The fourth-order valence-corrected chi connectivity index (χ4v) is 3.45. The molecule has 20 heavy (non-hydrogen) atoms. The smallest absolute Gasteiger partial charge is 0.00191 e. The number of hydrogen-bond donors (Lipinski definition) is 0. The predicted octanol–water partition coefficient (Wildman–Crippen LogP) is 5.08. The van der Waals surface area contributed by atoms with Crippen molar-refractivity contribution in [1.29, 1.82) is 0 Å². The van der Waals surface area contributed by atoms with Crippen molar-refractivity contribution in [2.75, 3.05) is 20.1 Å². The lowest BCUT2D eigenvalue weighted by Gasteiger charge is -2.30. The van der Waals surface area contributed by atoms with E-state index in [-0.39, 0.29) is 0 Å². The Hall–Kier alpha value is -0.820. The van der Waals surface area contributed by atoms with Gasteiger partial charge in [0.1, 0.15) is 0 Å². The highest BCUT2D eigenvalue weighted by Gasteiger charge is 2.22. The summed E-state index contributed by atoms with van der Waals surface area (Å²) in [5, 5.41) is 0. The highest BCUT2D eigenvalue weighted by atomic mass is 15.1. The molecule has 0 aromatic heterocycles. The Morgan fingerprint density at radius 3 is 2.35 bits per heavy atom. The molecule has 0 radical (unpaired) electrons. The summed E-state index contributed by atoms with van der Waals surface area (Å²) in [6, 6.07) is 11.1. The average molecular weight is 273 g/mol. The van der Waals surface area contributed by atoms with Gasteiger partial charge in [-0.1, -0.05) is 43.7 Å². The number of unbranched alkanes of at least 4 members (excludes halogenated alkanes) is 1. The fraction of sp³-hybridized carbons (Fsp3) is 0.684. The molecule has 0 spiro atoms. The van der Waals surface area contributed by atoms with Crippen LogP contribution < -0.4 is 0 Å². The minimum absolute atomic E-state index is 0.824. The Bertz CT molecular complexity index is 351. The number of hydrogen-bond acceptors (Lipinski definition) is 1. The molecule has 2 rings (SSSR count). The molecule has 1 aliphatic carbocycles. The van der Waals surface area contributed by atoms with Gasteiger partial charge in [-0.15, -0.1) is 0 Å². The van der Waals surface area contributed by atoms with E-state index in [2.05, 4.69) is 49.2 Å². The van der Waals surface area contributed by atoms with E-state index < -0.39 is 0 Å². The lowest BCUT2D eigenvalue weighted by molar-refractivity contribution is 0.252. The lowest BCUT2D eigenvalue weighted by atomic mass is 9.77. The van der Waals surface area contributed by atoms with Crippen molar-refractivity contribution in [3.63, 3.8) is 0 Å². The topological polar surface area (TPSA) is 3.24 Å². The Kier molecular flexibility index (Phi) is 6.59. The van der Waals surface area contributed by atoms with E-state index in [9.17, 15) is 0 Å². The molecule has 1 aromatic rings. The van der Waals surface area contributed by atoms with Gasteiger partial charge in [-0.05, 0) is 76.1 Å². The molecule has 0 N–H and O–H groups in total. The first-order valence-corrected chi connectivity index (χ1v) is 8.53. The monoisotopic (exact) mass is 273 g/mol. The standard InChI is InChI=1S/C19H31N/c1-3-4-15-20(2)16-14-17-10-12-19(13-11-17)18-8-6-5-7-9-18/h5-9,17,19H,3-4,10-16H2,1-2H3/t17-,19+. The molecule has 0 bridgehead atoms. The third kappa shape index (κ3) is 4.94. The number of benzene rings is 1. The molecular weight excluding hydrogens is 242 g/mol. The molecule has 0 aliphatic heterocycles. The quantitative estimate of drug-likeness (QED) is 0.669.